The van der Waals surface area contributed by atoms with Crippen LogP contribution in [0.3, 0.4) is 0 Å². The zero-order valence-electron chi connectivity index (χ0n) is 17.7. The Kier molecular flexibility index (Phi) is 4.66. The first-order valence-electron chi connectivity index (χ1n) is 10.8. The summed E-state index contributed by atoms with van der Waals surface area (Å²) in [5.74, 6) is -0.231. The summed E-state index contributed by atoms with van der Waals surface area (Å²) < 4.78 is 13.2. The van der Waals surface area contributed by atoms with Gasteiger partial charge < -0.3 is 0 Å². The lowest BCUT2D eigenvalue weighted by atomic mass is 9.98. The second kappa shape index (κ2) is 7.95. The summed E-state index contributed by atoms with van der Waals surface area (Å²) in [6.45, 7) is 0. The fraction of sp³-hybridized carbons (Fsp3) is 0. The van der Waals surface area contributed by atoms with Gasteiger partial charge in [-0.15, -0.1) is 0 Å². The van der Waals surface area contributed by atoms with Crippen molar-refractivity contribution in [3.8, 4) is 33.4 Å². The van der Waals surface area contributed by atoms with Gasteiger partial charge in [0.15, 0.2) is 0 Å². The van der Waals surface area contributed by atoms with E-state index in [-0.39, 0.29) is 5.82 Å². The van der Waals surface area contributed by atoms with E-state index in [1.54, 1.807) is 12.1 Å². The van der Waals surface area contributed by atoms with E-state index in [1.807, 2.05) is 24.5 Å². The smallest absolute Gasteiger partial charge is 0.123 e. The highest BCUT2D eigenvalue weighted by Crippen LogP contribution is 2.31. The molecule has 0 aliphatic carbocycles. The Hall–Kier alpha value is -4.37. The molecule has 3 heteroatoms. The monoisotopic (exact) mass is 426 g/mol. The number of hydrogen-bond acceptors (Lipinski definition) is 2. The molecule has 6 rings (SSSR count). The molecule has 2 aromatic heterocycles. The van der Waals surface area contributed by atoms with Gasteiger partial charge in [-0.1, -0.05) is 72.8 Å². The first-order chi connectivity index (χ1) is 16.2. The fourth-order valence-corrected chi connectivity index (χ4v) is 4.28. The molecule has 33 heavy (non-hydrogen) atoms. The Labute approximate surface area is 191 Å². The maximum absolute atomic E-state index is 13.2. The van der Waals surface area contributed by atoms with Crippen LogP contribution < -0.4 is 0 Å². The fourth-order valence-electron chi connectivity index (χ4n) is 4.28. The predicted molar refractivity (Wildman–Crippen MR) is 133 cm³/mol. The number of benzene rings is 4. The first kappa shape index (κ1) is 19.3. The van der Waals surface area contributed by atoms with Gasteiger partial charge in [0, 0.05) is 34.3 Å². The zero-order valence-corrected chi connectivity index (χ0v) is 17.7. The third-order valence-electron chi connectivity index (χ3n) is 6.02. The Morgan fingerprint density at radius 3 is 2.06 bits per heavy atom. The minimum atomic E-state index is -0.231. The highest BCUT2D eigenvalue weighted by Gasteiger charge is 2.07. The van der Waals surface area contributed by atoms with Crippen molar-refractivity contribution in [1.82, 2.24) is 9.97 Å². The molecule has 0 aliphatic rings. The van der Waals surface area contributed by atoms with Crippen LogP contribution in [0.25, 0.3) is 55.2 Å². The van der Waals surface area contributed by atoms with Gasteiger partial charge >= 0.3 is 0 Å². The van der Waals surface area contributed by atoms with E-state index in [2.05, 4.69) is 71.7 Å². The van der Waals surface area contributed by atoms with Crippen molar-refractivity contribution >= 4 is 21.8 Å². The van der Waals surface area contributed by atoms with Crippen LogP contribution >= 0.6 is 0 Å². The molecule has 0 fully saturated rings. The number of para-hydroxylation sites is 1. The Balaban J connectivity index is 1.33. The van der Waals surface area contributed by atoms with Gasteiger partial charge in [-0.2, -0.15) is 0 Å². The van der Waals surface area contributed by atoms with Gasteiger partial charge in [-0.05, 0) is 52.6 Å². The van der Waals surface area contributed by atoms with Gasteiger partial charge in [-0.3, -0.25) is 9.97 Å². The van der Waals surface area contributed by atoms with Crippen molar-refractivity contribution in [2.75, 3.05) is 0 Å². The quantitative estimate of drug-likeness (QED) is 0.287. The minimum Gasteiger partial charge on any atom is -0.256 e. The van der Waals surface area contributed by atoms with Crippen molar-refractivity contribution in [3.05, 3.63) is 121 Å². The third-order valence-corrected chi connectivity index (χ3v) is 6.02. The van der Waals surface area contributed by atoms with E-state index in [9.17, 15) is 4.39 Å². The number of aromatic nitrogens is 2. The van der Waals surface area contributed by atoms with Gasteiger partial charge in [0.1, 0.15) is 5.82 Å². The highest BCUT2D eigenvalue weighted by atomic mass is 19.1. The molecule has 156 valence electrons. The van der Waals surface area contributed by atoms with Crippen molar-refractivity contribution in [3.63, 3.8) is 0 Å². The average Bonchev–Trinajstić information content (AvgIpc) is 2.88. The summed E-state index contributed by atoms with van der Waals surface area (Å²) in [6, 6.07) is 33.7. The van der Waals surface area contributed by atoms with Crippen LogP contribution in [0.4, 0.5) is 4.39 Å². The summed E-state index contributed by atoms with van der Waals surface area (Å²) in [5.41, 5.74) is 8.38. The SMILES string of the molecule is Fc1ccc(-c2ccc3cc(-c4ccc(-c5cccc6cccnc56)cc4)cnc3c2)cc1. The summed E-state index contributed by atoms with van der Waals surface area (Å²) in [6.07, 6.45) is 3.74. The second-order valence-electron chi connectivity index (χ2n) is 8.10. The highest BCUT2D eigenvalue weighted by molar-refractivity contribution is 5.94. The molecule has 2 heterocycles. The Morgan fingerprint density at radius 1 is 0.515 bits per heavy atom. The summed E-state index contributed by atoms with van der Waals surface area (Å²) >= 11 is 0. The molecule has 0 atom stereocenters. The van der Waals surface area contributed by atoms with Crippen molar-refractivity contribution < 1.29 is 4.39 Å². The number of fused-ring (bicyclic) bond motifs is 2. The predicted octanol–water partition coefficient (Wildman–Crippen LogP) is 7.92. The lowest BCUT2D eigenvalue weighted by molar-refractivity contribution is 0.628. The van der Waals surface area contributed by atoms with E-state index in [0.717, 1.165) is 55.2 Å². The van der Waals surface area contributed by atoms with Crippen LogP contribution in [0.15, 0.2) is 116 Å². The molecule has 0 amide bonds. The molecule has 0 radical (unpaired) electrons. The molecule has 0 bridgehead atoms. The van der Waals surface area contributed by atoms with Crippen LogP contribution in [0.5, 0.6) is 0 Å². The molecular formula is C30H19FN2. The minimum absolute atomic E-state index is 0.231. The molecular weight excluding hydrogens is 407 g/mol. The van der Waals surface area contributed by atoms with E-state index in [4.69, 9.17) is 4.98 Å². The van der Waals surface area contributed by atoms with Crippen molar-refractivity contribution in [1.29, 1.82) is 0 Å². The number of pyridine rings is 2. The molecule has 0 N–H and O–H groups in total. The van der Waals surface area contributed by atoms with Crippen LogP contribution in [0.2, 0.25) is 0 Å². The van der Waals surface area contributed by atoms with E-state index in [1.165, 1.54) is 12.1 Å². The Bertz CT molecular complexity index is 1600. The first-order valence-corrected chi connectivity index (χ1v) is 10.8. The zero-order chi connectivity index (χ0) is 22.2. The summed E-state index contributed by atoms with van der Waals surface area (Å²) in [4.78, 5) is 9.28. The topological polar surface area (TPSA) is 25.8 Å². The van der Waals surface area contributed by atoms with Crippen molar-refractivity contribution in [2.45, 2.75) is 0 Å². The van der Waals surface area contributed by atoms with E-state index < -0.39 is 0 Å². The largest absolute Gasteiger partial charge is 0.256 e. The summed E-state index contributed by atoms with van der Waals surface area (Å²) in [5, 5.41) is 2.21. The van der Waals surface area contributed by atoms with Crippen LogP contribution in [-0.4, -0.2) is 9.97 Å². The molecule has 0 saturated carbocycles. The number of hydrogen-bond donors (Lipinski definition) is 0. The normalized spacial score (nSPS) is 11.2. The number of halogens is 1. The van der Waals surface area contributed by atoms with Crippen LogP contribution in [-0.2, 0) is 0 Å². The molecule has 0 spiro atoms. The van der Waals surface area contributed by atoms with Gasteiger partial charge in [0.2, 0.25) is 0 Å². The molecule has 4 aromatic carbocycles. The van der Waals surface area contributed by atoms with Gasteiger partial charge in [0.05, 0.1) is 11.0 Å². The molecule has 6 aromatic rings. The average molecular weight is 426 g/mol. The maximum atomic E-state index is 13.2. The molecule has 0 saturated heterocycles. The standard InChI is InChI=1S/C30H19FN2/c31-27-14-12-20(13-15-27)24-10-11-25-17-26(19-33-29(25)18-24)21-6-8-22(9-7-21)28-5-1-3-23-4-2-16-32-30(23)28/h1-19H. The summed E-state index contributed by atoms with van der Waals surface area (Å²) in [7, 11) is 0. The lowest BCUT2D eigenvalue weighted by Gasteiger charge is -2.09. The van der Waals surface area contributed by atoms with E-state index in [0.29, 0.717) is 0 Å². The van der Waals surface area contributed by atoms with Crippen LogP contribution in [0, 0.1) is 5.82 Å². The maximum Gasteiger partial charge on any atom is 0.123 e. The van der Waals surface area contributed by atoms with Gasteiger partial charge in [-0.25, -0.2) is 4.39 Å². The lowest BCUT2D eigenvalue weighted by Crippen LogP contribution is -1.87. The van der Waals surface area contributed by atoms with Crippen LogP contribution in [0.1, 0.15) is 0 Å². The Morgan fingerprint density at radius 2 is 1.21 bits per heavy atom. The molecule has 0 unspecified atom stereocenters. The molecule has 2 nitrogen and oxygen atoms in total. The van der Waals surface area contributed by atoms with Crippen molar-refractivity contribution in [2.24, 2.45) is 0 Å². The molecule has 0 aliphatic heterocycles. The second-order valence-corrected chi connectivity index (χ2v) is 8.10. The van der Waals surface area contributed by atoms with E-state index >= 15 is 0 Å². The number of rotatable bonds is 3. The van der Waals surface area contributed by atoms with Gasteiger partial charge in [0.25, 0.3) is 0 Å². The number of nitrogens with zero attached hydrogens (tertiary/aromatic N) is 2. The third kappa shape index (κ3) is 3.64.